The smallest absolute Gasteiger partial charge is 0.338 e. The molecule has 0 aliphatic heterocycles. The first-order chi connectivity index (χ1) is 8.95. The highest BCUT2D eigenvalue weighted by atomic mass is 79.9. The number of halogens is 1. The minimum absolute atomic E-state index is 0.129. The molecule has 0 heterocycles. The maximum Gasteiger partial charge on any atom is 0.338 e. The number of benzene rings is 1. The van der Waals surface area contributed by atoms with Gasteiger partial charge < -0.3 is 10.1 Å². The van der Waals surface area contributed by atoms with Crippen LogP contribution in [-0.4, -0.2) is 23.3 Å². The van der Waals surface area contributed by atoms with Crippen LogP contribution >= 0.6 is 15.9 Å². The third-order valence-electron chi connectivity index (χ3n) is 2.48. The van der Waals surface area contributed by atoms with E-state index in [4.69, 9.17) is 4.74 Å². The Morgan fingerprint density at radius 2 is 2.05 bits per heavy atom. The Morgan fingerprint density at radius 1 is 1.37 bits per heavy atom. The molecular formula is C14H18BrNO3. The molecule has 0 aliphatic rings. The molecule has 1 aromatic carbocycles. The maximum atomic E-state index is 11.9. The van der Waals surface area contributed by atoms with Crippen molar-refractivity contribution < 1.29 is 14.3 Å². The molecule has 0 saturated heterocycles. The largest absolute Gasteiger partial charge is 0.462 e. The quantitative estimate of drug-likeness (QED) is 0.667. The van der Waals surface area contributed by atoms with Gasteiger partial charge in [0.2, 0.25) is 5.91 Å². The fourth-order valence-electron chi connectivity index (χ4n) is 1.45. The van der Waals surface area contributed by atoms with E-state index < -0.39 is 5.97 Å². The van der Waals surface area contributed by atoms with Crippen molar-refractivity contribution in [1.29, 1.82) is 0 Å². The lowest BCUT2D eigenvalue weighted by atomic mass is 10.1. The van der Waals surface area contributed by atoms with Crippen molar-refractivity contribution in [3.8, 4) is 0 Å². The van der Waals surface area contributed by atoms with Crippen molar-refractivity contribution in [3.63, 3.8) is 0 Å². The maximum absolute atomic E-state index is 11.9. The second-order valence-electron chi connectivity index (χ2n) is 4.44. The SMILES string of the molecule is CCOC(=O)c1cccc(NC(=O)C(Br)C(C)C)c1. The molecule has 1 amide bonds. The van der Waals surface area contributed by atoms with Crippen LogP contribution in [0, 0.1) is 5.92 Å². The summed E-state index contributed by atoms with van der Waals surface area (Å²) in [6, 6.07) is 6.71. The predicted molar refractivity (Wildman–Crippen MR) is 78.6 cm³/mol. The molecule has 0 spiro atoms. The van der Waals surface area contributed by atoms with Gasteiger partial charge in [0.05, 0.1) is 17.0 Å². The lowest BCUT2D eigenvalue weighted by molar-refractivity contribution is -0.116. The molecule has 4 nitrogen and oxygen atoms in total. The fraction of sp³-hybridized carbons (Fsp3) is 0.429. The van der Waals surface area contributed by atoms with Crippen molar-refractivity contribution in [3.05, 3.63) is 29.8 Å². The Bertz CT molecular complexity index is 460. The average molecular weight is 328 g/mol. The zero-order valence-corrected chi connectivity index (χ0v) is 12.9. The van der Waals surface area contributed by atoms with Gasteiger partial charge in [-0.15, -0.1) is 0 Å². The van der Waals surface area contributed by atoms with Crippen LogP contribution in [0.1, 0.15) is 31.1 Å². The molecule has 0 fully saturated rings. The highest BCUT2D eigenvalue weighted by molar-refractivity contribution is 9.10. The van der Waals surface area contributed by atoms with Crippen LogP contribution in [-0.2, 0) is 9.53 Å². The summed E-state index contributed by atoms with van der Waals surface area (Å²) in [4.78, 5) is 23.2. The summed E-state index contributed by atoms with van der Waals surface area (Å²) in [5, 5.41) is 2.77. The van der Waals surface area contributed by atoms with E-state index in [1.807, 2.05) is 13.8 Å². The third-order valence-corrected chi connectivity index (χ3v) is 3.95. The second kappa shape index (κ2) is 7.28. The Morgan fingerprint density at radius 3 is 2.63 bits per heavy atom. The minimum Gasteiger partial charge on any atom is -0.462 e. The van der Waals surface area contributed by atoms with E-state index in [9.17, 15) is 9.59 Å². The zero-order valence-electron chi connectivity index (χ0n) is 11.3. The van der Waals surface area contributed by atoms with E-state index in [1.165, 1.54) is 0 Å². The lowest BCUT2D eigenvalue weighted by Crippen LogP contribution is -2.27. The number of ether oxygens (including phenoxy) is 1. The van der Waals surface area contributed by atoms with Gasteiger partial charge in [-0.25, -0.2) is 4.79 Å². The van der Waals surface area contributed by atoms with Gasteiger partial charge in [0.25, 0.3) is 0 Å². The molecule has 0 radical (unpaired) electrons. The molecule has 5 heteroatoms. The number of carbonyl (C=O) groups excluding carboxylic acids is 2. The Labute approximate surface area is 121 Å². The molecule has 0 aromatic heterocycles. The van der Waals surface area contributed by atoms with E-state index in [0.717, 1.165) is 0 Å². The molecule has 1 rings (SSSR count). The first-order valence-corrected chi connectivity index (χ1v) is 7.09. The van der Waals surface area contributed by atoms with E-state index in [-0.39, 0.29) is 16.7 Å². The Hall–Kier alpha value is -1.36. The van der Waals surface area contributed by atoms with Crippen LogP contribution < -0.4 is 5.32 Å². The molecule has 1 atom stereocenters. The van der Waals surface area contributed by atoms with E-state index in [2.05, 4.69) is 21.2 Å². The summed E-state index contributed by atoms with van der Waals surface area (Å²) in [5.41, 5.74) is 1.01. The van der Waals surface area contributed by atoms with E-state index in [1.54, 1.807) is 31.2 Å². The summed E-state index contributed by atoms with van der Waals surface area (Å²) in [6.45, 7) is 5.98. The number of hydrogen-bond donors (Lipinski definition) is 1. The van der Waals surface area contributed by atoms with Crippen LogP contribution in [0.5, 0.6) is 0 Å². The molecule has 104 valence electrons. The summed E-state index contributed by atoms with van der Waals surface area (Å²) in [6.07, 6.45) is 0. The standard InChI is InChI=1S/C14H18BrNO3/c1-4-19-14(18)10-6-5-7-11(8-10)16-13(17)12(15)9(2)3/h5-9,12H,4H2,1-3H3,(H,16,17). The van der Waals surface area contributed by atoms with Gasteiger partial charge in [0, 0.05) is 5.69 Å². The molecule has 0 saturated carbocycles. The van der Waals surface area contributed by atoms with Crippen molar-refractivity contribution in [2.45, 2.75) is 25.6 Å². The normalized spacial score (nSPS) is 12.1. The zero-order chi connectivity index (χ0) is 14.4. The number of alkyl halides is 1. The number of rotatable bonds is 5. The molecule has 1 aromatic rings. The Kier molecular flexibility index (Phi) is 6.02. The van der Waals surface area contributed by atoms with Crippen LogP contribution in [0.25, 0.3) is 0 Å². The number of carbonyl (C=O) groups is 2. The fourth-order valence-corrected chi connectivity index (χ4v) is 1.57. The Balaban J connectivity index is 2.77. The summed E-state index contributed by atoms with van der Waals surface area (Å²) in [5.74, 6) is -0.331. The molecular weight excluding hydrogens is 310 g/mol. The summed E-state index contributed by atoms with van der Waals surface area (Å²) >= 11 is 3.33. The molecule has 1 N–H and O–H groups in total. The topological polar surface area (TPSA) is 55.4 Å². The van der Waals surface area contributed by atoms with Crippen LogP contribution in [0.2, 0.25) is 0 Å². The second-order valence-corrected chi connectivity index (χ2v) is 5.42. The number of hydrogen-bond acceptors (Lipinski definition) is 3. The van der Waals surface area contributed by atoms with E-state index in [0.29, 0.717) is 17.9 Å². The molecule has 1 unspecified atom stereocenters. The minimum atomic E-state index is -0.391. The predicted octanol–water partition coefficient (Wildman–Crippen LogP) is 3.22. The number of anilines is 1. The third kappa shape index (κ3) is 4.67. The monoisotopic (exact) mass is 327 g/mol. The summed E-state index contributed by atoms with van der Waals surface area (Å²) < 4.78 is 4.91. The van der Waals surface area contributed by atoms with Gasteiger partial charge in [-0.1, -0.05) is 35.8 Å². The van der Waals surface area contributed by atoms with Gasteiger partial charge in [-0.3, -0.25) is 4.79 Å². The van der Waals surface area contributed by atoms with Gasteiger partial charge in [-0.2, -0.15) is 0 Å². The number of nitrogens with one attached hydrogen (secondary N) is 1. The van der Waals surface area contributed by atoms with Crippen molar-refractivity contribution in [1.82, 2.24) is 0 Å². The highest BCUT2D eigenvalue weighted by Crippen LogP contribution is 2.17. The van der Waals surface area contributed by atoms with Gasteiger partial charge in [-0.05, 0) is 31.0 Å². The number of esters is 1. The first kappa shape index (κ1) is 15.7. The van der Waals surface area contributed by atoms with Crippen LogP contribution in [0.3, 0.4) is 0 Å². The number of amides is 1. The van der Waals surface area contributed by atoms with Crippen molar-refractivity contribution >= 4 is 33.5 Å². The van der Waals surface area contributed by atoms with Crippen molar-refractivity contribution in [2.75, 3.05) is 11.9 Å². The molecule has 19 heavy (non-hydrogen) atoms. The van der Waals surface area contributed by atoms with Crippen LogP contribution in [0.15, 0.2) is 24.3 Å². The van der Waals surface area contributed by atoms with E-state index >= 15 is 0 Å². The van der Waals surface area contributed by atoms with Crippen LogP contribution in [0.4, 0.5) is 5.69 Å². The first-order valence-electron chi connectivity index (χ1n) is 6.17. The van der Waals surface area contributed by atoms with Gasteiger partial charge in [0.15, 0.2) is 0 Å². The average Bonchev–Trinajstić information content (AvgIpc) is 2.38. The lowest BCUT2D eigenvalue weighted by Gasteiger charge is -2.14. The molecule has 0 bridgehead atoms. The van der Waals surface area contributed by atoms with Crippen molar-refractivity contribution in [2.24, 2.45) is 5.92 Å². The highest BCUT2D eigenvalue weighted by Gasteiger charge is 2.18. The van der Waals surface area contributed by atoms with Gasteiger partial charge >= 0.3 is 5.97 Å². The molecule has 0 aliphatic carbocycles. The summed E-state index contributed by atoms with van der Waals surface area (Å²) in [7, 11) is 0. The van der Waals surface area contributed by atoms with Gasteiger partial charge in [0.1, 0.15) is 0 Å².